The van der Waals surface area contributed by atoms with Crippen LogP contribution in [0.15, 0.2) is 36.4 Å². The number of nitrogens with zero attached hydrogens (tertiary/aromatic N) is 1. The lowest BCUT2D eigenvalue weighted by Crippen LogP contribution is -2.36. The van der Waals surface area contributed by atoms with E-state index in [-0.39, 0.29) is 6.10 Å². The van der Waals surface area contributed by atoms with E-state index in [9.17, 15) is 5.11 Å². The molecule has 88 valence electrons. The molecule has 2 heteroatoms. The molecule has 1 aromatic rings. The van der Waals surface area contributed by atoms with E-state index in [0.29, 0.717) is 0 Å². The summed E-state index contributed by atoms with van der Waals surface area (Å²) >= 11 is 0. The fourth-order valence-corrected chi connectivity index (χ4v) is 1.40. The molecule has 0 fully saturated rings. The van der Waals surface area contributed by atoms with Gasteiger partial charge in [0.05, 0.1) is 33.8 Å². The van der Waals surface area contributed by atoms with Crippen LogP contribution in [-0.2, 0) is 0 Å². The number of quaternary nitrogens is 1. The molecule has 0 aliphatic heterocycles. The molecule has 1 atom stereocenters. The Morgan fingerprint density at radius 3 is 2.38 bits per heavy atom. The Morgan fingerprint density at radius 1 is 1.19 bits per heavy atom. The second kappa shape index (κ2) is 5.83. The van der Waals surface area contributed by atoms with Gasteiger partial charge in [-0.1, -0.05) is 42.5 Å². The summed E-state index contributed by atoms with van der Waals surface area (Å²) in [5, 5.41) is 9.78. The number of rotatable bonds is 5. The van der Waals surface area contributed by atoms with E-state index in [1.54, 1.807) is 0 Å². The average molecular weight is 220 g/mol. The molecule has 0 heterocycles. The molecule has 0 saturated carbocycles. The SMILES string of the molecule is C[N+](C)(C)CCC(O)/C=C/c1ccccc1. The van der Waals surface area contributed by atoms with Gasteiger partial charge in [0.2, 0.25) is 0 Å². The number of hydrogen-bond acceptors (Lipinski definition) is 1. The molecule has 1 unspecified atom stereocenters. The van der Waals surface area contributed by atoms with Crippen molar-refractivity contribution in [1.82, 2.24) is 0 Å². The van der Waals surface area contributed by atoms with Gasteiger partial charge in [0.25, 0.3) is 0 Å². The molecule has 0 radical (unpaired) electrons. The third-order valence-corrected chi connectivity index (χ3v) is 2.41. The first-order valence-corrected chi connectivity index (χ1v) is 5.69. The molecule has 0 amide bonds. The van der Waals surface area contributed by atoms with Crippen LogP contribution in [0.4, 0.5) is 0 Å². The second-order valence-corrected chi connectivity index (χ2v) is 5.14. The van der Waals surface area contributed by atoms with Gasteiger partial charge in [0.1, 0.15) is 0 Å². The first-order valence-electron chi connectivity index (χ1n) is 5.69. The van der Waals surface area contributed by atoms with Crippen molar-refractivity contribution in [1.29, 1.82) is 0 Å². The molecule has 1 N–H and O–H groups in total. The standard InChI is InChI=1S/C14H22NO/c1-15(2,3)12-11-14(16)10-9-13-7-5-4-6-8-13/h4-10,14,16H,11-12H2,1-3H3/q+1/b10-9+. The highest BCUT2D eigenvalue weighted by Crippen LogP contribution is 2.05. The predicted molar refractivity (Wildman–Crippen MR) is 69.0 cm³/mol. The maximum atomic E-state index is 9.78. The number of hydrogen-bond donors (Lipinski definition) is 1. The van der Waals surface area contributed by atoms with Gasteiger partial charge in [-0.2, -0.15) is 0 Å². The Kier molecular flexibility index (Phi) is 4.71. The molecule has 0 bridgehead atoms. The molecular formula is C14H22NO+. The van der Waals surface area contributed by atoms with Crippen molar-refractivity contribution in [2.24, 2.45) is 0 Å². The number of benzene rings is 1. The van der Waals surface area contributed by atoms with Crippen molar-refractivity contribution in [3.05, 3.63) is 42.0 Å². The first-order chi connectivity index (χ1) is 7.47. The monoisotopic (exact) mass is 220 g/mol. The highest BCUT2D eigenvalue weighted by molar-refractivity contribution is 5.49. The molecule has 1 rings (SSSR count). The Balaban J connectivity index is 2.40. The fraction of sp³-hybridized carbons (Fsp3) is 0.429. The predicted octanol–water partition coefficient (Wildman–Crippen LogP) is 2.16. The van der Waals surface area contributed by atoms with Crippen LogP contribution in [0.5, 0.6) is 0 Å². The van der Waals surface area contributed by atoms with Gasteiger partial charge < -0.3 is 9.59 Å². The molecular weight excluding hydrogens is 198 g/mol. The molecule has 0 spiro atoms. The van der Waals surface area contributed by atoms with Crippen LogP contribution in [0.1, 0.15) is 12.0 Å². The molecule has 0 saturated heterocycles. The summed E-state index contributed by atoms with van der Waals surface area (Å²) in [5.41, 5.74) is 1.13. The second-order valence-electron chi connectivity index (χ2n) is 5.14. The lowest BCUT2D eigenvalue weighted by atomic mass is 10.1. The topological polar surface area (TPSA) is 20.2 Å². The van der Waals surface area contributed by atoms with Crippen LogP contribution < -0.4 is 0 Å². The van der Waals surface area contributed by atoms with Crippen LogP contribution in [-0.4, -0.2) is 43.4 Å². The van der Waals surface area contributed by atoms with Gasteiger partial charge in [-0.25, -0.2) is 0 Å². The highest BCUT2D eigenvalue weighted by atomic mass is 16.3. The van der Waals surface area contributed by atoms with E-state index in [1.165, 1.54) is 0 Å². The minimum absolute atomic E-state index is 0.349. The molecule has 2 nitrogen and oxygen atoms in total. The molecule has 16 heavy (non-hydrogen) atoms. The van der Waals surface area contributed by atoms with E-state index in [4.69, 9.17) is 0 Å². The van der Waals surface area contributed by atoms with Gasteiger partial charge in [0.15, 0.2) is 0 Å². The summed E-state index contributed by atoms with van der Waals surface area (Å²) in [7, 11) is 6.40. The molecule has 0 aliphatic carbocycles. The summed E-state index contributed by atoms with van der Waals surface area (Å²) in [6.45, 7) is 0.973. The van der Waals surface area contributed by atoms with Gasteiger partial charge >= 0.3 is 0 Å². The minimum atomic E-state index is -0.349. The Bertz CT molecular complexity index is 324. The lowest BCUT2D eigenvalue weighted by Gasteiger charge is -2.24. The first kappa shape index (κ1) is 12.9. The largest absolute Gasteiger partial charge is 0.389 e. The van der Waals surface area contributed by atoms with Crippen molar-refractivity contribution in [2.45, 2.75) is 12.5 Å². The van der Waals surface area contributed by atoms with E-state index in [1.807, 2.05) is 42.5 Å². The Morgan fingerprint density at radius 2 is 1.81 bits per heavy atom. The van der Waals surface area contributed by atoms with Gasteiger partial charge in [-0.05, 0) is 5.56 Å². The van der Waals surface area contributed by atoms with E-state index in [2.05, 4.69) is 21.1 Å². The normalized spacial score (nSPS) is 14.2. The van der Waals surface area contributed by atoms with Crippen LogP contribution >= 0.6 is 0 Å². The maximum Gasteiger partial charge on any atom is 0.0808 e. The molecule has 1 aromatic carbocycles. The zero-order valence-corrected chi connectivity index (χ0v) is 10.4. The summed E-state index contributed by atoms with van der Waals surface area (Å²) in [6.07, 6.45) is 4.29. The summed E-state index contributed by atoms with van der Waals surface area (Å²) in [6, 6.07) is 10.0. The van der Waals surface area contributed by atoms with Crippen LogP contribution in [0.2, 0.25) is 0 Å². The van der Waals surface area contributed by atoms with E-state index in [0.717, 1.165) is 23.0 Å². The smallest absolute Gasteiger partial charge is 0.0808 e. The maximum absolute atomic E-state index is 9.78. The van der Waals surface area contributed by atoms with Crippen molar-refractivity contribution < 1.29 is 9.59 Å². The van der Waals surface area contributed by atoms with E-state index >= 15 is 0 Å². The Labute approximate surface area is 98.4 Å². The third-order valence-electron chi connectivity index (χ3n) is 2.41. The van der Waals surface area contributed by atoms with Crippen molar-refractivity contribution in [2.75, 3.05) is 27.7 Å². The van der Waals surface area contributed by atoms with Crippen molar-refractivity contribution >= 4 is 6.08 Å². The summed E-state index contributed by atoms with van der Waals surface area (Å²) < 4.78 is 0.885. The van der Waals surface area contributed by atoms with Crippen molar-refractivity contribution in [3.8, 4) is 0 Å². The quantitative estimate of drug-likeness (QED) is 0.754. The van der Waals surface area contributed by atoms with Gasteiger partial charge in [0, 0.05) is 6.42 Å². The minimum Gasteiger partial charge on any atom is -0.389 e. The fourth-order valence-electron chi connectivity index (χ4n) is 1.40. The Hall–Kier alpha value is -1.12. The lowest BCUT2D eigenvalue weighted by molar-refractivity contribution is -0.870. The molecule has 0 aliphatic rings. The number of aliphatic hydroxyl groups excluding tert-OH is 1. The average Bonchev–Trinajstić information content (AvgIpc) is 2.24. The highest BCUT2D eigenvalue weighted by Gasteiger charge is 2.09. The van der Waals surface area contributed by atoms with Crippen LogP contribution in [0.25, 0.3) is 6.08 Å². The summed E-state index contributed by atoms with van der Waals surface area (Å²) in [5.74, 6) is 0. The van der Waals surface area contributed by atoms with Gasteiger partial charge in [-0.3, -0.25) is 0 Å². The van der Waals surface area contributed by atoms with Gasteiger partial charge in [-0.15, -0.1) is 0 Å². The third kappa shape index (κ3) is 5.69. The van der Waals surface area contributed by atoms with Crippen LogP contribution in [0.3, 0.4) is 0 Å². The summed E-state index contributed by atoms with van der Waals surface area (Å²) in [4.78, 5) is 0. The molecule has 0 aromatic heterocycles. The van der Waals surface area contributed by atoms with Crippen LogP contribution in [0, 0.1) is 0 Å². The number of aliphatic hydroxyl groups is 1. The zero-order valence-electron chi connectivity index (χ0n) is 10.4. The van der Waals surface area contributed by atoms with E-state index < -0.39 is 0 Å². The zero-order chi connectivity index (χ0) is 12.0. The van der Waals surface area contributed by atoms with Crippen molar-refractivity contribution in [3.63, 3.8) is 0 Å².